The molecule has 1 rings (SSSR count). The van der Waals surface area contributed by atoms with Crippen LogP contribution in [0, 0.1) is 13.8 Å². The van der Waals surface area contributed by atoms with Crippen LogP contribution in [0.15, 0.2) is 18.2 Å². The number of benzene rings is 1. The first-order valence-corrected chi connectivity index (χ1v) is 7.39. The number of aryl methyl sites for hydroxylation is 2. The molecule has 118 valence electrons. The average molecular weight is 293 g/mol. The van der Waals surface area contributed by atoms with E-state index in [9.17, 15) is 4.79 Å². The second kappa shape index (κ2) is 7.46. The molecule has 0 spiro atoms. The van der Waals surface area contributed by atoms with E-state index in [4.69, 9.17) is 9.47 Å². The number of ether oxygens (including phenoxy) is 2. The molecule has 0 saturated heterocycles. The van der Waals surface area contributed by atoms with Crippen molar-refractivity contribution in [1.82, 2.24) is 5.32 Å². The Morgan fingerprint density at radius 1 is 1.38 bits per heavy atom. The Balaban J connectivity index is 2.78. The van der Waals surface area contributed by atoms with Crippen LogP contribution < -0.4 is 10.1 Å². The maximum Gasteiger partial charge on any atom is 0.325 e. The molecule has 0 aliphatic carbocycles. The maximum atomic E-state index is 12.0. The lowest BCUT2D eigenvalue weighted by molar-refractivity contribution is -0.149. The zero-order valence-corrected chi connectivity index (χ0v) is 13.9. The van der Waals surface area contributed by atoms with E-state index < -0.39 is 5.54 Å². The topological polar surface area (TPSA) is 47.6 Å². The van der Waals surface area contributed by atoms with E-state index in [0.29, 0.717) is 13.0 Å². The smallest absolute Gasteiger partial charge is 0.325 e. The second-order valence-electron chi connectivity index (χ2n) is 5.76. The molecule has 0 fully saturated rings. The van der Waals surface area contributed by atoms with Gasteiger partial charge in [0.1, 0.15) is 11.3 Å². The highest BCUT2D eigenvalue weighted by Crippen LogP contribution is 2.23. The number of esters is 1. The van der Waals surface area contributed by atoms with Gasteiger partial charge in [0.25, 0.3) is 0 Å². The molecule has 0 aliphatic rings. The van der Waals surface area contributed by atoms with Gasteiger partial charge >= 0.3 is 5.97 Å². The fraction of sp³-hybridized carbons (Fsp3) is 0.588. The van der Waals surface area contributed by atoms with Crippen LogP contribution in [0.1, 0.15) is 38.3 Å². The molecule has 1 aromatic rings. The summed E-state index contributed by atoms with van der Waals surface area (Å²) in [5.74, 6) is 0.595. The predicted molar refractivity (Wildman–Crippen MR) is 84.7 cm³/mol. The van der Waals surface area contributed by atoms with Crippen LogP contribution in [0.2, 0.25) is 0 Å². The Labute approximate surface area is 127 Å². The van der Waals surface area contributed by atoms with Gasteiger partial charge in [0.15, 0.2) is 0 Å². The van der Waals surface area contributed by atoms with E-state index in [2.05, 4.69) is 18.3 Å². The summed E-state index contributed by atoms with van der Waals surface area (Å²) in [6.45, 7) is 10.6. The molecule has 0 saturated carbocycles. The molecule has 0 amide bonds. The quantitative estimate of drug-likeness (QED) is 0.785. The van der Waals surface area contributed by atoms with Crippen molar-refractivity contribution in [3.63, 3.8) is 0 Å². The Morgan fingerprint density at radius 3 is 2.57 bits per heavy atom. The molecule has 2 unspecified atom stereocenters. The third-order valence-electron chi connectivity index (χ3n) is 3.56. The van der Waals surface area contributed by atoms with Crippen LogP contribution in [0.25, 0.3) is 0 Å². The van der Waals surface area contributed by atoms with Gasteiger partial charge in [-0.05, 0) is 45.9 Å². The number of rotatable bonds is 7. The molecule has 0 heterocycles. The normalized spacial score (nSPS) is 15.1. The number of hydrogen-bond donors (Lipinski definition) is 1. The molecule has 21 heavy (non-hydrogen) atoms. The average Bonchev–Trinajstić information content (AvgIpc) is 2.41. The fourth-order valence-corrected chi connectivity index (χ4v) is 2.61. The molecule has 0 radical (unpaired) electrons. The van der Waals surface area contributed by atoms with Crippen molar-refractivity contribution in [3.8, 4) is 5.75 Å². The van der Waals surface area contributed by atoms with Crippen LogP contribution in [0.4, 0.5) is 0 Å². The van der Waals surface area contributed by atoms with Gasteiger partial charge in [-0.2, -0.15) is 0 Å². The Bertz CT molecular complexity index is 487. The van der Waals surface area contributed by atoms with Crippen molar-refractivity contribution in [1.29, 1.82) is 0 Å². The number of carbonyl (C=O) groups is 1. The summed E-state index contributed by atoms with van der Waals surface area (Å²) in [7, 11) is 1.41. The lowest BCUT2D eigenvalue weighted by Gasteiger charge is -2.30. The minimum absolute atomic E-state index is 0.102. The number of likely N-dealkylation sites (N-methyl/N-ethyl adjacent to an activating group) is 1. The van der Waals surface area contributed by atoms with Gasteiger partial charge < -0.3 is 14.8 Å². The summed E-state index contributed by atoms with van der Waals surface area (Å²) in [5.41, 5.74) is 1.58. The van der Waals surface area contributed by atoms with Crippen molar-refractivity contribution in [2.75, 3.05) is 13.7 Å². The third kappa shape index (κ3) is 4.74. The highest BCUT2D eigenvalue weighted by Gasteiger charge is 2.35. The molecule has 1 N–H and O–H groups in total. The summed E-state index contributed by atoms with van der Waals surface area (Å²) in [6, 6.07) is 6.09. The minimum Gasteiger partial charge on any atom is -0.490 e. The van der Waals surface area contributed by atoms with E-state index in [1.165, 1.54) is 12.7 Å². The van der Waals surface area contributed by atoms with Crippen LogP contribution in [0.3, 0.4) is 0 Å². The van der Waals surface area contributed by atoms with Crippen molar-refractivity contribution >= 4 is 5.97 Å². The second-order valence-corrected chi connectivity index (χ2v) is 5.76. The van der Waals surface area contributed by atoms with E-state index in [1.807, 2.05) is 39.8 Å². The predicted octanol–water partition coefficient (Wildman–Crippen LogP) is 3.00. The van der Waals surface area contributed by atoms with Gasteiger partial charge in [0, 0.05) is 6.42 Å². The zero-order valence-electron chi connectivity index (χ0n) is 13.9. The first kappa shape index (κ1) is 17.5. The monoisotopic (exact) mass is 293 g/mol. The van der Waals surface area contributed by atoms with Crippen LogP contribution >= 0.6 is 0 Å². The van der Waals surface area contributed by atoms with E-state index in [-0.39, 0.29) is 12.1 Å². The molecule has 1 aromatic carbocycles. The van der Waals surface area contributed by atoms with E-state index in [1.54, 1.807) is 0 Å². The summed E-state index contributed by atoms with van der Waals surface area (Å²) in [6.07, 6.45) is 0.440. The molecule has 4 nitrogen and oxygen atoms in total. The van der Waals surface area contributed by atoms with Crippen LogP contribution in [-0.2, 0) is 9.53 Å². The Hall–Kier alpha value is -1.55. The van der Waals surface area contributed by atoms with Gasteiger partial charge in [-0.3, -0.25) is 4.79 Å². The standard InChI is InChI=1S/C17H27NO3/c1-7-18-17(5,16(19)20-6)11-14(4)21-15-9-8-12(2)10-13(15)3/h8-10,14,18H,7,11H2,1-6H3. The highest BCUT2D eigenvalue weighted by atomic mass is 16.5. The summed E-state index contributed by atoms with van der Waals surface area (Å²) in [4.78, 5) is 12.0. The number of hydrogen-bond acceptors (Lipinski definition) is 4. The lowest BCUT2D eigenvalue weighted by Crippen LogP contribution is -2.52. The third-order valence-corrected chi connectivity index (χ3v) is 3.56. The Morgan fingerprint density at radius 2 is 2.05 bits per heavy atom. The molecule has 0 aliphatic heterocycles. The molecular formula is C17H27NO3. The Kier molecular flexibility index (Phi) is 6.21. The minimum atomic E-state index is -0.735. The van der Waals surface area contributed by atoms with Gasteiger partial charge in [-0.15, -0.1) is 0 Å². The molecule has 0 bridgehead atoms. The molecule has 0 aromatic heterocycles. The fourth-order valence-electron chi connectivity index (χ4n) is 2.61. The number of carbonyl (C=O) groups excluding carboxylic acids is 1. The highest BCUT2D eigenvalue weighted by molar-refractivity contribution is 5.80. The molecule has 2 atom stereocenters. The van der Waals surface area contributed by atoms with Crippen molar-refractivity contribution in [3.05, 3.63) is 29.3 Å². The summed E-state index contributed by atoms with van der Waals surface area (Å²) >= 11 is 0. The number of nitrogens with one attached hydrogen (secondary N) is 1. The molecular weight excluding hydrogens is 266 g/mol. The van der Waals surface area contributed by atoms with Crippen molar-refractivity contribution in [2.45, 2.75) is 52.7 Å². The number of methoxy groups -OCH3 is 1. The van der Waals surface area contributed by atoms with E-state index >= 15 is 0 Å². The van der Waals surface area contributed by atoms with Crippen LogP contribution in [0.5, 0.6) is 5.75 Å². The van der Waals surface area contributed by atoms with Gasteiger partial charge in [0.2, 0.25) is 0 Å². The first-order valence-electron chi connectivity index (χ1n) is 7.39. The maximum absolute atomic E-state index is 12.0. The van der Waals surface area contributed by atoms with Crippen molar-refractivity contribution < 1.29 is 14.3 Å². The summed E-state index contributed by atoms with van der Waals surface area (Å²) in [5, 5.41) is 3.20. The van der Waals surface area contributed by atoms with Gasteiger partial charge in [0.05, 0.1) is 13.2 Å². The summed E-state index contributed by atoms with van der Waals surface area (Å²) < 4.78 is 10.9. The largest absolute Gasteiger partial charge is 0.490 e. The van der Waals surface area contributed by atoms with Crippen LogP contribution in [-0.4, -0.2) is 31.3 Å². The molecule has 4 heteroatoms. The SMILES string of the molecule is CCNC(C)(CC(C)Oc1ccc(C)cc1C)C(=O)OC. The zero-order chi connectivity index (χ0) is 16.0. The van der Waals surface area contributed by atoms with Gasteiger partial charge in [-0.1, -0.05) is 24.6 Å². The van der Waals surface area contributed by atoms with E-state index in [0.717, 1.165) is 11.3 Å². The van der Waals surface area contributed by atoms with Gasteiger partial charge in [-0.25, -0.2) is 0 Å². The van der Waals surface area contributed by atoms with Crippen molar-refractivity contribution in [2.24, 2.45) is 0 Å². The lowest BCUT2D eigenvalue weighted by atomic mass is 9.94. The first-order chi connectivity index (χ1) is 9.82.